The van der Waals surface area contributed by atoms with Gasteiger partial charge in [0.05, 0.1) is 6.10 Å². The highest BCUT2D eigenvalue weighted by Gasteiger charge is 2.04. The number of hydrogen-bond donors (Lipinski definition) is 3. The quantitative estimate of drug-likeness (QED) is 0.627. The van der Waals surface area contributed by atoms with Crippen molar-refractivity contribution in [2.45, 2.75) is 13.0 Å². The molecule has 1 unspecified atom stereocenters. The molecule has 1 rings (SSSR count). The van der Waals surface area contributed by atoms with Gasteiger partial charge in [0.25, 0.3) is 0 Å². The van der Waals surface area contributed by atoms with Crippen LogP contribution in [0, 0.1) is 0 Å². The van der Waals surface area contributed by atoms with Crippen LogP contribution < -0.4 is 5.32 Å². The van der Waals surface area contributed by atoms with Crippen molar-refractivity contribution in [1.82, 2.24) is 10.2 Å². The molecule has 14 heavy (non-hydrogen) atoms. The van der Waals surface area contributed by atoms with Crippen LogP contribution in [-0.4, -0.2) is 39.0 Å². The predicted molar refractivity (Wildman–Crippen MR) is 49.2 cm³/mol. The molecule has 76 valence electrons. The van der Waals surface area contributed by atoms with Crippen LogP contribution in [0.25, 0.3) is 0 Å². The van der Waals surface area contributed by atoms with Gasteiger partial charge in [0.1, 0.15) is 5.82 Å². The Labute approximate surface area is 80.6 Å². The molecule has 0 radical (unpaired) electrons. The van der Waals surface area contributed by atoms with Crippen LogP contribution in [0.1, 0.15) is 17.4 Å². The number of aliphatic hydroxyl groups is 1. The molecule has 1 aromatic heterocycles. The third kappa shape index (κ3) is 2.98. The maximum atomic E-state index is 10.4. The van der Waals surface area contributed by atoms with E-state index in [1.165, 1.54) is 12.1 Å². The molecule has 3 N–H and O–H groups in total. The summed E-state index contributed by atoms with van der Waals surface area (Å²) in [5.74, 6) is -0.671. The van der Waals surface area contributed by atoms with Crippen molar-refractivity contribution < 1.29 is 15.0 Å². The first-order chi connectivity index (χ1) is 6.59. The maximum Gasteiger partial charge on any atom is 0.356 e. The third-order valence-electron chi connectivity index (χ3n) is 1.46. The number of hydrogen-bond acceptors (Lipinski definition) is 5. The lowest BCUT2D eigenvalue weighted by atomic mass is 10.3. The maximum absolute atomic E-state index is 10.4. The van der Waals surface area contributed by atoms with Crippen LogP contribution in [-0.2, 0) is 0 Å². The van der Waals surface area contributed by atoms with Crippen LogP contribution >= 0.6 is 0 Å². The molecule has 6 nitrogen and oxygen atoms in total. The number of rotatable bonds is 4. The molecule has 0 spiro atoms. The van der Waals surface area contributed by atoms with E-state index in [2.05, 4.69) is 15.5 Å². The standard InChI is InChI=1S/C8H11N3O3/c1-5(12)4-9-7-3-2-6(8(13)14)10-11-7/h2-3,5,12H,4H2,1H3,(H,9,11)(H,13,14). The zero-order valence-corrected chi connectivity index (χ0v) is 7.64. The first-order valence-electron chi connectivity index (χ1n) is 4.08. The zero-order valence-electron chi connectivity index (χ0n) is 7.64. The molecule has 1 heterocycles. The van der Waals surface area contributed by atoms with Gasteiger partial charge in [0.2, 0.25) is 0 Å². The number of nitrogens with one attached hydrogen (secondary N) is 1. The van der Waals surface area contributed by atoms with Gasteiger partial charge in [-0.2, -0.15) is 0 Å². The van der Waals surface area contributed by atoms with Crippen molar-refractivity contribution in [3.8, 4) is 0 Å². The first-order valence-corrected chi connectivity index (χ1v) is 4.08. The molecular formula is C8H11N3O3. The number of carbonyl (C=O) groups is 1. The molecule has 1 atom stereocenters. The average Bonchev–Trinajstić information content (AvgIpc) is 2.15. The topological polar surface area (TPSA) is 95.3 Å². The second-order valence-corrected chi connectivity index (χ2v) is 2.84. The van der Waals surface area contributed by atoms with E-state index in [1.54, 1.807) is 6.92 Å². The number of carboxylic acid groups (broad SMARTS) is 1. The summed E-state index contributed by atoms with van der Waals surface area (Å²) >= 11 is 0. The van der Waals surface area contributed by atoms with E-state index in [1.807, 2.05) is 0 Å². The summed E-state index contributed by atoms with van der Waals surface area (Å²) in [4.78, 5) is 10.4. The van der Waals surface area contributed by atoms with Crippen LogP contribution in [0.5, 0.6) is 0 Å². The SMILES string of the molecule is CC(O)CNc1ccc(C(=O)O)nn1. The summed E-state index contributed by atoms with van der Waals surface area (Å²) in [6.07, 6.45) is -0.490. The van der Waals surface area contributed by atoms with Gasteiger partial charge >= 0.3 is 5.97 Å². The lowest BCUT2D eigenvalue weighted by molar-refractivity contribution is 0.0689. The normalized spacial score (nSPS) is 12.1. The number of anilines is 1. The van der Waals surface area contributed by atoms with E-state index in [0.717, 1.165) is 0 Å². The number of aliphatic hydroxyl groups excluding tert-OH is 1. The van der Waals surface area contributed by atoms with E-state index < -0.39 is 12.1 Å². The van der Waals surface area contributed by atoms with Crippen molar-refractivity contribution in [3.63, 3.8) is 0 Å². The van der Waals surface area contributed by atoms with Gasteiger partial charge in [-0.1, -0.05) is 0 Å². The summed E-state index contributed by atoms with van der Waals surface area (Å²) in [7, 11) is 0. The average molecular weight is 197 g/mol. The summed E-state index contributed by atoms with van der Waals surface area (Å²) in [6, 6.07) is 2.85. The predicted octanol–water partition coefficient (Wildman–Crippen LogP) is -0.0325. The molecule has 0 aliphatic heterocycles. The Morgan fingerprint density at radius 2 is 2.29 bits per heavy atom. The van der Waals surface area contributed by atoms with E-state index in [9.17, 15) is 4.79 Å². The molecule has 0 amide bonds. The Balaban J connectivity index is 2.60. The van der Waals surface area contributed by atoms with Gasteiger partial charge in [0, 0.05) is 6.54 Å². The number of nitrogens with zero attached hydrogens (tertiary/aromatic N) is 2. The van der Waals surface area contributed by atoms with Crippen LogP contribution in [0.2, 0.25) is 0 Å². The minimum atomic E-state index is -1.11. The van der Waals surface area contributed by atoms with E-state index >= 15 is 0 Å². The minimum absolute atomic E-state index is 0.104. The highest BCUT2D eigenvalue weighted by Crippen LogP contribution is 2.01. The van der Waals surface area contributed by atoms with Gasteiger partial charge in [-0.25, -0.2) is 4.79 Å². The third-order valence-corrected chi connectivity index (χ3v) is 1.46. The lowest BCUT2D eigenvalue weighted by Crippen LogP contribution is -2.16. The smallest absolute Gasteiger partial charge is 0.356 e. The molecule has 0 saturated heterocycles. The van der Waals surface area contributed by atoms with Gasteiger partial charge < -0.3 is 15.5 Å². The summed E-state index contributed by atoms with van der Waals surface area (Å²) in [5, 5.41) is 27.4. The second-order valence-electron chi connectivity index (χ2n) is 2.84. The first kappa shape index (κ1) is 10.4. The molecule has 0 aliphatic carbocycles. The molecule has 0 aliphatic rings. The Hall–Kier alpha value is -1.69. The molecule has 0 aromatic carbocycles. The number of aromatic nitrogens is 2. The molecular weight excluding hydrogens is 186 g/mol. The highest BCUT2D eigenvalue weighted by atomic mass is 16.4. The molecule has 0 bridgehead atoms. The summed E-state index contributed by atoms with van der Waals surface area (Å²) < 4.78 is 0. The molecule has 1 aromatic rings. The van der Waals surface area contributed by atoms with Gasteiger partial charge in [-0.05, 0) is 19.1 Å². The zero-order chi connectivity index (χ0) is 10.6. The number of carboxylic acids is 1. The fraction of sp³-hybridized carbons (Fsp3) is 0.375. The van der Waals surface area contributed by atoms with Crippen molar-refractivity contribution in [3.05, 3.63) is 17.8 Å². The van der Waals surface area contributed by atoms with Crippen molar-refractivity contribution in [2.75, 3.05) is 11.9 Å². The number of aromatic carboxylic acids is 1. The monoisotopic (exact) mass is 197 g/mol. The Morgan fingerprint density at radius 1 is 1.57 bits per heavy atom. The second kappa shape index (κ2) is 4.52. The summed E-state index contributed by atoms with van der Waals surface area (Å²) in [6.45, 7) is 1.98. The van der Waals surface area contributed by atoms with Crippen molar-refractivity contribution >= 4 is 11.8 Å². The Kier molecular flexibility index (Phi) is 3.35. The van der Waals surface area contributed by atoms with E-state index in [0.29, 0.717) is 12.4 Å². The van der Waals surface area contributed by atoms with Crippen LogP contribution in [0.3, 0.4) is 0 Å². The molecule has 6 heteroatoms. The largest absolute Gasteiger partial charge is 0.476 e. The van der Waals surface area contributed by atoms with Crippen LogP contribution in [0.15, 0.2) is 12.1 Å². The van der Waals surface area contributed by atoms with Gasteiger partial charge in [-0.3, -0.25) is 0 Å². The van der Waals surface area contributed by atoms with E-state index in [-0.39, 0.29) is 5.69 Å². The lowest BCUT2D eigenvalue weighted by Gasteiger charge is -2.06. The molecule has 0 fully saturated rings. The minimum Gasteiger partial charge on any atom is -0.476 e. The fourth-order valence-electron chi connectivity index (χ4n) is 0.793. The van der Waals surface area contributed by atoms with Crippen molar-refractivity contribution in [2.24, 2.45) is 0 Å². The van der Waals surface area contributed by atoms with Crippen molar-refractivity contribution in [1.29, 1.82) is 0 Å². The van der Waals surface area contributed by atoms with Gasteiger partial charge in [-0.15, -0.1) is 10.2 Å². The van der Waals surface area contributed by atoms with E-state index in [4.69, 9.17) is 10.2 Å². The highest BCUT2D eigenvalue weighted by molar-refractivity contribution is 5.85. The van der Waals surface area contributed by atoms with Gasteiger partial charge in [0.15, 0.2) is 5.69 Å². The Bertz CT molecular complexity index is 310. The fourth-order valence-corrected chi connectivity index (χ4v) is 0.793. The summed E-state index contributed by atoms with van der Waals surface area (Å²) in [5.41, 5.74) is -0.104. The Morgan fingerprint density at radius 3 is 2.71 bits per heavy atom. The van der Waals surface area contributed by atoms with Crippen LogP contribution in [0.4, 0.5) is 5.82 Å². The molecule has 0 saturated carbocycles.